The van der Waals surface area contributed by atoms with Crippen molar-refractivity contribution in [3.05, 3.63) is 84.1 Å². The first-order chi connectivity index (χ1) is 14.8. The normalized spacial score (nSPS) is 14.9. The summed E-state index contributed by atoms with van der Waals surface area (Å²) in [5.41, 5.74) is 4.26. The molecule has 1 saturated heterocycles. The van der Waals surface area contributed by atoms with E-state index in [1.54, 1.807) is 10.9 Å². The molecule has 6 heteroatoms. The summed E-state index contributed by atoms with van der Waals surface area (Å²) in [4.78, 5) is 19.5. The topological polar surface area (TPSA) is 63.9 Å². The Bertz CT molecular complexity index is 1160. The molecule has 0 unspecified atom stereocenters. The van der Waals surface area contributed by atoms with E-state index in [9.17, 15) is 4.79 Å². The highest BCUT2D eigenvalue weighted by Gasteiger charge is 2.24. The molecule has 2 aromatic heterocycles. The van der Waals surface area contributed by atoms with Crippen LogP contribution < -0.4 is 0 Å². The molecular formula is C24H23N5O. The van der Waals surface area contributed by atoms with Crippen molar-refractivity contribution in [1.82, 2.24) is 24.9 Å². The van der Waals surface area contributed by atoms with Crippen LogP contribution in [-0.2, 0) is 6.42 Å². The van der Waals surface area contributed by atoms with Crippen molar-refractivity contribution < 1.29 is 4.79 Å². The zero-order valence-corrected chi connectivity index (χ0v) is 16.7. The maximum Gasteiger partial charge on any atom is 0.253 e. The van der Waals surface area contributed by atoms with Gasteiger partial charge in [-0.1, -0.05) is 41.6 Å². The lowest BCUT2D eigenvalue weighted by molar-refractivity contribution is 0.0690. The monoisotopic (exact) mass is 397 g/mol. The number of nitrogens with zero attached hydrogens (tertiary/aromatic N) is 5. The Balaban J connectivity index is 1.29. The number of benzene rings is 2. The predicted molar refractivity (Wildman–Crippen MR) is 115 cm³/mol. The number of fused-ring (bicyclic) bond motifs is 1. The molecule has 4 aromatic rings. The quantitative estimate of drug-likeness (QED) is 0.524. The largest absolute Gasteiger partial charge is 0.339 e. The van der Waals surface area contributed by atoms with Crippen molar-refractivity contribution in [1.29, 1.82) is 0 Å². The maximum atomic E-state index is 13.1. The number of amides is 1. The molecule has 0 bridgehead atoms. The van der Waals surface area contributed by atoms with Crippen LogP contribution in [0, 0.1) is 5.92 Å². The summed E-state index contributed by atoms with van der Waals surface area (Å²) in [5, 5.41) is 8.36. The van der Waals surface area contributed by atoms with Crippen LogP contribution in [0.5, 0.6) is 0 Å². The van der Waals surface area contributed by atoms with Crippen molar-refractivity contribution >= 4 is 17.1 Å². The third-order valence-corrected chi connectivity index (χ3v) is 5.82. The summed E-state index contributed by atoms with van der Waals surface area (Å²) >= 11 is 0. The molecule has 0 aliphatic carbocycles. The molecule has 1 aliphatic heterocycles. The molecule has 5 rings (SSSR count). The van der Waals surface area contributed by atoms with Crippen LogP contribution >= 0.6 is 0 Å². The summed E-state index contributed by atoms with van der Waals surface area (Å²) in [6, 6.07) is 21.9. The van der Waals surface area contributed by atoms with Crippen LogP contribution in [0.15, 0.2) is 72.9 Å². The summed E-state index contributed by atoms with van der Waals surface area (Å²) in [6.45, 7) is 1.60. The SMILES string of the molecule is O=C(c1cccc(-n2nnc3cccnc32)c1)N1CCC(Cc2ccccc2)CC1. The van der Waals surface area contributed by atoms with Gasteiger partial charge in [-0.25, -0.2) is 4.98 Å². The number of hydrogen-bond donors (Lipinski definition) is 0. The Morgan fingerprint density at radius 2 is 1.80 bits per heavy atom. The first-order valence-electron chi connectivity index (χ1n) is 10.4. The second-order valence-corrected chi connectivity index (χ2v) is 7.82. The van der Waals surface area contributed by atoms with Gasteiger partial charge in [0.15, 0.2) is 5.65 Å². The van der Waals surface area contributed by atoms with Gasteiger partial charge in [0, 0.05) is 24.8 Å². The van der Waals surface area contributed by atoms with E-state index in [0.29, 0.717) is 17.1 Å². The van der Waals surface area contributed by atoms with Crippen LogP contribution in [0.4, 0.5) is 0 Å². The average molecular weight is 397 g/mol. The molecular weight excluding hydrogens is 374 g/mol. The molecule has 3 heterocycles. The highest BCUT2D eigenvalue weighted by atomic mass is 16.2. The standard InChI is InChI=1S/C24H23N5O/c30-24(28-14-11-19(12-15-28)16-18-6-2-1-3-7-18)20-8-4-9-21(17-20)29-23-22(26-27-29)10-5-13-25-23/h1-10,13,17,19H,11-12,14-16H2. The molecule has 0 saturated carbocycles. The van der Waals surface area contributed by atoms with Gasteiger partial charge in [-0.15, -0.1) is 5.10 Å². The Hall–Kier alpha value is -3.54. The predicted octanol–water partition coefficient (Wildman–Crippen LogP) is 3.91. The zero-order valence-electron chi connectivity index (χ0n) is 16.7. The van der Waals surface area contributed by atoms with Gasteiger partial charge in [-0.05, 0) is 61.1 Å². The number of pyridine rings is 1. The molecule has 0 atom stereocenters. The van der Waals surface area contributed by atoms with Crippen molar-refractivity contribution in [2.75, 3.05) is 13.1 Å². The van der Waals surface area contributed by atoms with Crippen molar-refractivity contribution in [3.8, 4) is 5.69 Å². The summed E-state index contributed by atoms with van der Waals surface area (Å²) in [5.74, 6) is 0.711. The van der Waals surface area contributed by atoms with Crippen molar-refractivity contribution in [3.63, 3.8) is 0 Å². The molecule has 1 fully saturated rings. The van der Waals surface area contributed by atoms with Gasteiger partial charge in [0.25, 0.3) is 5.91 Å². The third kappa shape index (κ3) is 3.68. The zero-order chi connectivity index (χ0) is 20.3. The fourth-order valence-corrected chi connectivity index (χ4v) is 4.18. The minimum Gasteiger partial charge on any atom is -0.339 e. The van der Waals surface area contributed by atoms with Gasteiger partial charge in [-0.2, -0.15) is 4.68 Å². The number of likely N-dealkylation sites (tertiary alicyclic amines) is 1. The highest BCUT2D eigenvalue weighted by molar-refractivity contribution is 5.95. The maximum absolute atomic E-state index is 13.1. The van der Waals surface area contributed by atoms with Crippen molar-refractivity contribution in [2.45, 2.75) is 19.3 Å². The van der Waals surface area contributed by atoms with E-state index in [4.69, 9.17) is 0 Å². The molecule has 0 radical (unpaired) electrons. The first-order valence-corrected chi connectivity index (χ1v) is 10.4. The van der Waals surface area contributed by atoms with Gasteiger partial charge < -0.3 is 4.90 Å². The molecule has 0 N–H and O–H groups in total. The minimum atomic E-state index is 0.0763. The number of rotatable bonds is 4. The van der Waals surface area contributed by atoms with Gasteiger partial charge >= 0.3 is 0 Å². The Morgan fingerprint density at radius 3 is 2.63 bits per heavy atom. The van der Waals surface area contributed by atoms with E-state index < -0.39 is 0 Å². The second-order valence-electron chi connectivity index (χ2n) is 7.82. The number of carbonyl (C=O) groups is 1. The summed E-state index contributed by atoms with van der Waals surface area (Å²) in [7, 11) is 0. The fraction of sp³-hybridized carbons (Fsp3) is 0.250. The Kier molecular flexibility index (Phi) is 4.97. The number of hydrogen-bond acceptors (Lipinski definition) is 4. The van der Waals surface area contributed by atoms with Gasteiger partial charge in [0.2, 0.25) is 0 Å². The average Bonchev–Trinajstić information content (AvgIpc) is 3.24. The van der Waals surface area contributed by atoms with Gasteiger partial charge in [-0.3, -0.25) is 4.79 Å². The van der Waals surface area contributed by atoms with Crippen LogP contribution in [0.2, 0.25) is 0 Å². The smallest absolute Gasteiger partial charge is 0.253 e. The molecule has 2 aromatic carbocycles. The van der Waals surface area contributed by atoms with E-state index in [1.807, 2.05) is 41.3 Å². The fourth-order valence-electron chi connectivity index (χ4n) is 4.18. The molecule has 0 spiro atoms. The highest BCUT2D eigenvalue weighted by Crippen LogP contribution is 2.23. The van der Waals surface area contributed by atoms with E-state index in [0.717, 1.165) is 43.6 Å². The second kappa shape index (κ2) is 8.06. The minimum absolute atomic E-state index is 0.0763. The van der Waals surface area contributed by atoms with E-state index in [1.165, 1.54) is 5.56 Å². The molecule has 6 nitrogen and oxygen atoms in total. The van der Waals surface area contributed by atoms with Gasteiger partial charge in [0.1, 0.15) is 5.52 Å². The number of carbonyl (C=O) groups excluding carboxylic acids is 1. The Labute approximate surface area is 175 Å². The van der Waals surface area contributed by atoms with Gasteiger partial charge in [0.05, 0.1) is 5.69 Å². The third-order valence-electron chi connectivity index (χ3n) is 5.82. The van der Waals surface area contributed by atoms with Crippen LogP contribution in [0.3, 0.4) is 0 Å². The molecule has 1 amide bonds. The van der Waals surface area contributed by atoms with E-state index in [2.05, 4.69) is 45.6 Å². The van der Waals surface area contributed by atoms with Crippen LogP contribution in [0.1, 0.15) is 28.8 Å². The summed E-state index contributed by atoms with van der Waals surface area (Å²) < 4.78 is 1.68. The Morgan fingerprint density at radius 1 is 0.967 bits per heavy atom. The number of piperidine rings is 1. The lowest BCUT2D eigenvalue weighted by atomic mass is 9.90. The van der Waals surface area contributed by atoms with E-state index >= 15 is 0 Å². The molecule has 1 aliphatic rings. The molecule has 150 valence electrons. The van der Waals surface area contributed by atoms with Crippen LogP contribution in [-0.4, -0.2) is 43.9 Å². The lowest BCUT2D eigenvalue weighted by Crippen LogP contribution is -2.38. The summed E-state index contributed by atoms with van der Waals surface area (Å²) in [6.07, 6.45) is 4.89. The first kappa shape index (κ1) is 18.5. The van der Waals surface area contributed by atoms with Crippen LogP contribution in [0.25, 0.3) is 16.9 Å². The number of aromatic nitrogens is 4. The van der Waals surface area contributed by atoms with Crippen molar-refractivity contribution in [2.24, 2.45) is 5.92 Å². The lowest BCUT2D eigenvalue weighted by Gasteiger charge is -2.32. The van der Waals surface area contributed by atoms with E-state index in [-0.39, 0.29) is 5.91 Å². The molecule has 30 heavy (non-hydrogen) atoms.